The summed E-state index contributed by atoms with van der Waals surface area (Å²) in [5.41, 5.74) is 3.42. The van der Waals surface area contributed by atoms with E-state index in [0.717, 1.165) is 41.2 Å². The lowest BCUT2D eigenvalue weighted by Gasteiger charge is -2.21. The summed E-state index contributed by atoms with van der Waals surface area (Å²) >= 11 is 1.74. The predicted octanol–water partition coefficient (Wildman–Crippen LogP) is 3.22. The molecule has 0 bridgehead atoms. The molecule has 1 atom stereocenters. The second-order valence-electron chi connectivity index (χ2n) is 6.06. The van der Waals surface area contributed by atoms with E-state index in [1.54, 1.807) is 17.5 Å². The molecule has 118 valence electrons. The number of imidazole rings is 1. The van der Waals surface area contributed by atoms with Crippen molar-refractivity contribution in [2.75, 3.05) is 0 Å². The van der Waals surface area contributed by atoms with Crippen molar-refractivity contribution < 1.29 is 4.79 Å². The number of carbonyl (C=O) groups excluding carboxylic acids is 1. The van der Waals surface area contributed by atoms with Crippen LogP contribution < -0.4 is 5.32 Å². The van der Waals surface area contributed by atoms with Crippen molar-refractivity contribution in [1.82, 2.24) is 19.7 Å². The van der Waals surface area contributed by atoms with Crippen LogP contribution in [0.1, 0.15) is 50.5 Å². The van der Waals surface area contributed by atoms with Crippen LogP contribution >= 0.6 is 11.3 Å². The molecule has 6 heteroatoms. The van der Waals surface area contributed by atoms with E-state index in [0.29, 0.717) is 5.69 Å². The number of fused-ring (bicyclic) bond motifs is 2. The Kier molecular flexibility index (Phi) is 3.41. The number of nitrogens with zero attached hydrogens (tertiary/aromatic N) is 3. The average molecular weight is 326 g/mol. The van der Waals surface area contributed by atoms with E-state index in [9.17, 15) is 4.79 Å². The van der Waals surface area contributed by atoms with E-state index in [1.165, 1.54) is 4.88 Å². The lowest BCUT2D eigenvalue weighted by molar-refractivity contribution is 0.0927. The number of hydrogen-bond acceptors (Lipinski definition) is 4. The van der Waals surface area contributed by atoms with Crippen LogP contribution in [0.5, 0.6) is 0 Å². The molecule has 1 aliphatic rings. The number of thiazole rings is 1. The molecule has 0 saturated carbocycles. The zero-order valence-corrected chi connectivity index (χ0v) is 14.0. The quantitative estimate of drug-likeness (QED) is 0.786. The van der Waals surface area contributed by atoms with E-state index in [2.05, 4.69) is 15.3 Å². The standard InChI is InChI=1S/C17H18N4OS/c1-10-6-7-15-19-13(9-21(15)8-10)17(22)20-12-4-3-5-14-16(12)18-11(2)23-14/h6-9,12H,3-5H2,1-2H3,(H,20,22). The molecule has 0 saturated heterocycles. The Hall–Kier alpha value is -2.21. The van der Waals surface area contributed by atoms with Crippen LogP contribution in [0.2, 0.25) is 0 Å². The minimum absolute atomic E-state index is 0.00254. The highest BCUT2D eigenvalue weighted by molar-refractivity contribution is 7.11. The smallest absolute Gasteiger partial charge is 0.272 e. The van der Waals surface area contributed by atoms with Crippen LogP contribution in [0.15, 0.2) is 24.5 Å². The number of carbonyl (C=O) groups is 1. The van der Waals surface area contributed by atoms with Gasteiger partial charge in [-0.3, -0.25) is 4.79 Å². The Labute approximate surface area is 138 Å². The van der Waals surface area contributed by atoms with Gasteiger partial charge in [-0.1, -0.05) is 6.07 Å². The molecule has 1 unspecified atom stereocenters. The van der Waals surface area contributed by atoms with E-state index >= 15 is 0 Å². The van der Waals surface area contributed by atoms with Crippen molar-refractivity contribution in [2.45, 2.75) is 39.2 Å². The van der Waals surface area contributed by atoms with Gasteiger partial charge in [0.15, 0.2) is 0 Å². The number of hydrogen-bond donors (Lipinski definition) is 1. The Balaban J connectivity index is 1.60. The minimum atomic E-state index is -0.130. The van der Waals surface area contributed by atoms with Crippen molar-refractivity contribution in [3.05, 3.63) is 51.4 Å². The first kappa shape index (κ1) is 14.4. The van der Waals surface area contributed by atoms with Crippen molar-refractivity contribution in [2.24, 2.45) is 0 Å². The Morgan fingerprint density at radius 3 is 3.04 bits per heavy atom. The molecular formula is C17H18N4OS. The highest BCUT2D eigenvalue weighted by Crippen LogP contribution is 2.33. The second kappa shape index (κ2) is 5.45. The number of pyridine rings is 1. The van der Waals surface area contributed by atoms with Gasteiger partial charge in [0.1, 0.15) is 11.3 Å². The fourth-order valence-corrected chi connectivity index (χ4v) is 4.16. The maximum Gasteiger partial charge on any atom is 0.272 e. The third-order valence-corrected chi connectivity index (χ3v) is 5.24. The Morgan fingerprint density at radius 1 is 1.30 bits per heavy atom. The van der Waals surface area contributed by atoms with Crippen LogP contribution in [0.4, 0.5) is 0 Å². The van der Waals surface area contributed by atoms with Gasteiger partial charge in [-0.05, 0) is 44.7 Å². The number of aryl methyl sites for hydroxylation is 3. The largest absolute Gasteiger partial charge is 0.342 e. The van der Waals surface area contributed by atoms with Crippen molar-refractivity contribution in [3.63, 3.8) is 0 Å². The second-order valence-corrected chi connectivity index (χ2v) is 7.35. The SMILES string of the molecule is Cc1ccc2nc(C(=O)NC3CCCc4sc(C)nc43)cn2c1. The van der Waals surface area contributed by atoms with Gasteiger partial charge in [-0.25, -0.2) is 9.97 Å². The average Bonchev–Trinajstić information content (AvgIpc) is 3.09. The molecule has 1 aliphatic carbocycles. The molecule has 1 N–H and O–H groups in total. The maximum absolute atomic E-state index is 12.6. The third kappa shape index (κ3) is 2.63. The zero-order chi connectivity index (χ0) is 16.0. The summed E-state index contributed by atoms with van der Waals surface area (Å²) < 4.78 is 1.89. The Morgan fingerprint density at radius 2 is 2.17 bits per heavy atom. The van der Waals surface area contributed by atoms with Gasteiger partial charge in [-0.15, -0.1) is 11.3 Å². The Bertz CT molecular complexity index is 895. The van der Waals surface area contributed by atoms with E-state index in [4.69, 9.17) is 0 Å². The van der Waals surface area contributed by atoms with Gasteiger partial charge in [0.25, 0.3) is 5.91 Å². The first-order valence-corrected chi connectivity index (χ1v) is 8.64. The van der Waals surface area contributed by atoms with E-state index in [1.807, 2.05) is 36.6 Å². The molecule has 23 heavy (non-hydrogen) atoms. The summed E-state index contributed by atoms with van der Waals surface area (Å²) in [6, 6.07) is 3.92. The monoisotopic (exact) mass is 326 g/mol. The van der Waals surface area contributed by atoms with Crippen molar-refractivity contribution >= 4 is 22.9 Å². The first-order valence-electron chi connectivity index (χ1n) is 7.82. The topological polar surface area (TPSA) is 59.3 Å². The van der Waals surface area contributed by atoms with E-state index in [-0.39, 0.29) is 11.9 Å². The zero-order valence-electron chi connectivity index (χ0n) is 13.2. The minimum Gasteiger partial charge on any atom is -0.342 e. The highest BCUT2D eigenvalue weighted by Gasteiger charge is 2.26. The first-order chi connectivity index (χ1) is 11.1. The maximum atomic E-state index is 12.6. The van der Waals surface area contributed by atoms with Crippen LogP contribution in [0.3, 0.4) is 0 Å². The number of aromatic nitrogens is 3. The molecule has 0 radical (unpaired) electrons. The molecule has 0 aliphatic heterocycles. The predicted molar refractivity (Wildman–Crippen MR) is 89.9 cm³/mol. The van der Waals surface area contributed by atoms with Crippen molar-refractivity contribution in [1.29, 1.82) is 0 Å². The summed E-state index contributed by atoms with van der Waals surface area (Å²) in [7, 11) is 0. The molecule has 3 aromatic rings. The van der Waals surface area contributed by atoms with Crippen LogP contribution in [-0.4, -0.2) is 20.3 Å². The van der Waals surface area contributed by atoms with E-state index < -0.39 is 0 Å². The molecule has 1 amide bonds. The van der Waals surface area contributed by atoms with Crippen molar-refractivity contribution in [3.8, 4) is 0 Å². The molecule has 0 aromatic carbocycles. The molecule has 5 nitrogen and oxygen atoms in total. The lowest BCUT2D eigenvalue weighted by Crippen LogP contribution is -2.31. The summed E-state index contributed by atoms with van der Waals surface area (Å²) in [6.07, 6.45) is 6.86. The fourth-order valence-electron chi connectivity index (χ4n) is 3.13. The number of nitrogens with one attached hydrogen (secondary N) is 1. The van der Waals surface area contributed by atoms with Gasteiger partial charge < -0.3 is 9.72 Å². The van der Waals surface area contributed by atoms with Gasteiger partial charge in [0.2, 0.25) is 0 Å². The van der Waals surface area contributed by atoms with Crippen LogP contribution in [-0.2, 0) is 6.42 Å². The number of amides is 1. The molecular weight excluding hydrogens is 308 g/mol. The summed E-state index contributed by atoms with van der Waals surface area (Å²) in [5, 5.41) is 4.18. The van der Waals surface area contributed by atoms with Gasteiger partial charge in [0, 0.05) is 17.3 Å². The molecule has 3 aromatic heterocycles. The van der Waals surface area contributed by atoms with Crippen LogP contribution in [0, 0.1) is 13.8 Å². The summed E-state index contributed by atoms with van der Waals surface area (Å²) in [6.45, 7) is 4.04. The highest BCUT2D eigenvalue weighted by atomic mass is 32.1. The summed E-state index contributed by atoms with van der Waals surface area (Å²) in [5.74, 6) is -0.130. The molecule has 4 rings (SSSR count). The van der Waals surface area contributed by atoms with Gasteiger partial charge in [-0.2, -0.15) is 0 Å². The molecule has 3 heterocycles. The normalized spacial score (nSPS) is 17.2. The number of rotatable bonds is 2. The van der Waals surface area contributed by atoms with Crippen LogP contribution in [0.25, 0.3) is 5.65 Å². The third-order valence-electron chi connectivity index (χ3n) is 4.20. The van der Waals surface area contributed by atoms with Gasteiger partial charge >= 0.3 is 0 Å². The van der Waals surface area contributed by atoms with Gasteiger partial charge in [0.05, 0.1) is 16.7 Å². The summed E-state index contributed by atoms with van der Waals surface area (Å²) in [4.78, 5) is 22.9. The molecule has 0 spiro atoms. The lowest BCUT2D eigenvalue weighted by atomic mass is 9.97. The fraction of sp³-hybridized carbons (Fsp3) is 0.353. The molecule has 0 fully saturated rings.